The number of amides is 1. The van der Waals surface area contributed by atoms with Crippen LogP contribution in [0.1, 0.15) is 63.0 Å². The molecule has 1 aliphatic rings. The molecule has 172 valence electrons. The summed E-state index contributed by atoms with van der Waals surface area (Å²) in [5.74, 6) is -1.61. The molecule has 3 heterocycles. The second-order valence-corrected chi connectivity index (χ2v) is 8.66. The Morgan fingerprint density at radius 2 is 1.94 bits per heavy atom. The first-order chi connectivity index (χ1) is 15.5. The number of aromatic nitrogens is 3. The van der Waals surface area contributed by atoms with Gasteiger partial charge in [0.1, 0.15) is 10.8 Å². The van der Waals surface area contributed by atoms with Crippen LogP contribution in [0.4, 0.5) is 18.9 Å². The molecule has 2 aromatic heterocycles. The van der Waals surface area contributed by atoms with Gasteiger partial charge in [0, 0.05) is 11.3 Å². The minimum Gasteiger partial charge on any atom is -0.319 e. The normalized spacial score (nSPS) is 18.2. The van der Waals surface area contributed by atoms with Gasteiger partial charge in [0.25, 0.3) is 5.91 Å². The molecule has 0 saturated carbocycles. The molecule has 2 atom stereocenters. The highest BCUT2D eigenvalue weighted by Crippen LogP contribution is 2.41. The van der Waals surface area contributed by atoms with Crippen molar-refractivity contribution in [1.29, 1.82) is 0 Å². The van der Waals surface area contributed by atoms with Crippen molar-refractivity contribution in [1.82, 2.24) is 14.8 Å². The number of carbonyl (C=O) groups is 2. The second-order valence-electron chi connectivity index (χ2n) is 7.86. The molecule has 1 N–H and O–H groups in total. The van der Waals surface area contributed by atoms with Crippen molar-refractivity contribution in [3.8, 4) is 0 Å². The van der Waals surface area contributed by atoms with Gasteiger partial charge in [0.15, 0.2) is 5.78 Å². The van der Waals surface area contributed by atoms with E-state index in [0.717, 1.165) is 6.07 Å². The van der Waals surface area contributed by atoms with Crippen molar-refractivity contribution in [2.45, 2.75) is 38.4 Å². The molecule has 0 bridgehead atoms. The fraction of sp³-hybridized carbons (Fsp3) is 0.273. The molecule has 0 saturated heterocycles. The highest BCUT2D eigenvalue weighted by atomic mass is 35.5. The van der Waals surface area contributed by atoms with Gasteiger partial charge in [0.2, 0.25) is 0 Å². The van der Waals surface area contributed by atoms with Crippen LogP contribution in [0.15, 0.2) is 36.5 Å². The molecular weight excluding hydrogens is 480 g/mol. The monoisotopic (exact) mass is 496 g/mol. The van der Waals surface area contributed by atoms with E-state index >= 15 is 0 Å². The summed E-state index contributed by atoms with van der Waals surface area (Å²) in [5, 5.41) is 6.59. The number of carbonyl (C=O) groups excluding carboxylic acids is 2. The molecule has 3 aromatic rings. The van der Waals surface area contributed by atoms with Gasteiger partial charge in [-0.3, -0.25) is 14.3 Å². The molecular formula is C22H17Cl2F3N4O2. The minimum absolute atomic E-state index is 0.154. The lowest BCUT2D eigenvalue weighted by Gasteiger charge is -2.28. The van der Waals surface area contributed by atoms with Crippen LogP contribution in [0.5, 0.6) is 0 Å². The number of halogens is 5. The predicted molar refractivity (Wildman–Crippen MR) is 117 cm³/mol. The third-order valence-electron chi connectivity index (χ3n) is 5.47. The Bertz CT molecular complexity index is 1250. The van der Waals surface area contributed by atoms with Crippen molar-refractivity contribution >= 4 is 40.6 Å². The maximum absolute atomic E-state index is 13.4. The van der Waals surface area contributed by atoms with E-state index in [1.807, 2.05) is 6.92 Å². The molecule has 0 fully saturated rings. The zero-order valence-electron chi connectivity index (χ0n) is 17.4. The first kappa shape index (κ1) is 23.3. The number of ketones is 1. The summed E-state index contributed by atoms with van der Waals surface area (Å²) in [6.45, 7) is 3.52. The standard InChI is InChI=1S/C22H17Cl2F3N4O2/c1-10-5-13(8-18(24)29-10)21(33)30-17-9-28-31-11(2)6-14(20(32)19(17)31)12-3-4-15(16(23)7-12)22(25,26)27/h3-5,7-9,11,14H,6H2,1-2H3,(H,30,33)/t11-,14?/m0/s1. The number of rotatable bonds is 3. The summed E-state index contributed by atoms with van der Waals surface area (Å²) >= 11 is 11.8. The SMILES string of the molecule is Cc1cc(C(=O)Nc2cnn3c2C(=O)C(c2ccc(C(F)(F)F)c(Cl)c2)C[C@@H]3C)cc(Cl)n1. The molecule has 33 heavy (non-hydrogen) atoms. The van der Waals surface area contributed by atoms with Crippen LogP contribution in [0.2, 0.25) is 10.2 Å². The fourth-order valence-corrected chi connectivity index (χ4v) is 4.51. The smallest absolute Gasteiger partial charge is 0.319 e. The van der Waals surface area contributed by atoms with Crippen molar-refractivity contribution in [3.05, 3.63) is 74.8 Å². The third-order valence-corrected chi connectivity index (χ3v) is 5.98. The Hall–Kier alpha value is -2.91. The van der Waals surface area contributed by atoms with Crippen LogP contribution < -0.4 is 5.32 Å². The van der Waals surface area contributed by atoms with Crippen LogP contribution >= 0.6 is 23.2 Å². The van der Waals surface area contributed by atoms with E-state index in [0.29, 0.717) is 17.7 Å². The number of benzene rings is 1. The molecule has 0 aliphatic carbocycles. The number of nitrogens with one attached hydrogen (secondary N) is 1. The van der Waals surface area contributed by atoms with Crippen LogP contribution in [0.3, 0.4) is 0 Å². The van der Waals surface area contributed by atoms with Crippen LogP contribution in [-0.4, -0.2) is 26.5 Å². The highest BCUT2D eigenvalue weighted by Gasteiger charge is 2.38. The average Bonchev–Trinajstić information content (AvgIpc) is 3.13. The summed E-state index contributed by atoms with van der Waals surface area (Å²) in [4.78, 5) is 30.1. The minimum atomic E-state index is -4.59. The third kappa shape index (κ3) is 4.47. The molecule has 0 spiro atoms. The summed E-state index contributed by atoms with van der Waals surface area (Å²) in [6.07, 6.45) is -2.90. The summed E-state index contributed by atoms with van der Waals surface area (Å²) in [6, 6.07) is 6.01. The predicted octanol–water partition coefficient (Wildman–Crippen LogP) is 6.10. The van der Waals surface area contributed by atoms with E-state index in [4.69, 9.17) is 23.2 Å². The molecule has 0 radical (unpaired) electrons. The Kier molecular flexibility index (Phi) is 5.96. The number of anilines is 1. The molecule has 4 rings (SSSR count). The van der Waals surface area contributed by atoms with Gasteiger partial charge in [0.05, 0.1) is 34.4 Å². The van der Waals surface area contributed by atoms with E-state index in [2.05, 4.69) is 15.4 Å². The number of hydrogen-bond donors (Lipinski definition) is 1. The van der Waals surface area contributed by atoms with Gasteiger partial charge < -0.3 is 5.32 Å². The van der Waals surface area contributed by atoms with Gasteiger partial charge in [-0.25, -0.2) is 4.98 Å². The van der Waals surface area contributed by atoms with Gasteiger partial charge in [-0.2, -0.15) is 18.3 Å². The molecule has 1 aliphatic heterocycles. The van der Waals surface area contributed by atoms with Gasteiger partial charge in [-0.15, -0.1) is 0 Å². The largest absolute Gasteiger partial charge is 0.417 e. The average molecular weight is 497 g/mol. The second kappa shape index (κ2) is 8.46. The van der Waals surface area contributed by atoms with Crippen LogP contribution in [-0.2, 0) is 6.18 Å². The maximum atomic E-state index is 13.4. The van der Waals surface area contributed by atoms with E-state index < -0.39 is 28.6 Å². The first-order valence-electron chi connectivity index (χ1n) is 9.89. The zero-order valence-corrected chi connectivity index (χ0v) is 18.9. The lowest BCUT2D eigenvalue weighted by molar-refractivity contribution is -0.137. The van der Waals surface area contributed by atoms with Gasteiger partial charge in [-0.05, 0) is 50.1 Å². The summed E-state index contributed by atoms with van der Waals surface area (Å²) < 4.78 is 40.7. The van der Waals surface area contributed by atoms with Gasteiger partial charge in [-0.1, -0.05) is 29.3 Å². The van der Waals surface area contributed by atoms with Gasteiger partial charge >= 0.3 is 6.18 Å². The first-order valence-corrected chi connectivity index (χ1v) is 10.6. The Labute approximate surface area is 196 Å². The molecule has 1 aromatic carbocycles. The number of aryl methyl sites for hydroxylation is 1. The Morgan fingerprint density at radius 3 is 2.58 bits per heavy atom. The topological polar surface area (TPSA) is 76.9 Å². The van der Waals surface area contributed by atoms with E-state index in [-0.39, 0.29) is 33.9 Å². The molecule has 1 unspecified atom stereocenters. The van der Waals surface area contributed by atoms with Crippen molar-refractivity contribution in [2.24, 2.45) is 0 Å². The van der Waals surface area contributed by atoms with E-state index in [1.54, 1.807) is 13.0 Å². The number of alkyl halides is 3. The lowest BCUT2D eigenvalue weighted by Crippen LogP contribution is -2.29. The Balaban J connectivity index is 1.66. The van der Waals surface area contributed by atoms with Crippen molar-refractivity contribution in [3.63, 3.8) is 0 Å². The molecule has 1 amide bonds. The zero-order chi connectivity index (χ0) is 24.1. The van der Waals surface area contributed by atoms with Crippen LogP contribution in [0.25, 0.3) is 0 Å². The Morgan fingerprint density at radius 1 is 1.21 bits per heavy atom. The maximum Gasteiger partial charge on any atom is 0.417 e. The summed E-state index contributed by atoms with van der Waals surface area (Å²) in [7, 11) is 0. The number of fused-ring (bicyclic) bond motifs is 1. The van der Waals surface area contributed by atoms with E-state index in [9.17, 15) is 22.8 Å². The van der Waals surface area contributed by atoms with Crippen molar-refractivity contribution < 1.29 is 22.8 Å². The quantitative estimate of drug-likeness (QED) is 0.444. The molecule has 6 nitrogen and oxygen atoms in total. The lowest BCUT2D eigenvalue weighted by atomic mass is 9.84. The fourth-order valence-electron chi connectivity index (χ4n) is 3.97. The van der Waals surface area contributed by atoms with Crippen molar-refractivity contribution in [2.75, 3.05) is 5.32 Å². The number of nitrogens with zero attached hydrogens (tertiary/aromatic N) is 3. The van der Waals surface area contributed by atoms with Crippen LogP contribution in [0, 0.1) is 6.92 Å². The number of Topliss-reactive ketones (excluding diaryl/α,β-unsaturated/α-hetero) is 1. The summed E-state index contributed by atoms with van der Waals surface area (Å²) in [5.41, 5.74) is 0.577. The van der Waals surface area contributed by atoms with E-state index in [1.165, 1.54) is 29.1 Å². The number of pyridine rings is 1. The number of hydrogen-bond acceptors (Lipinski definition) is 4. The highest BCUT2D eigenvalue weighted by molar-refractivity contribution is 6.31. The molecule has 11 heteroatoms.